The number of likely N-dealkylation sites (N-methyl/N-ethyl adjacent to an activating group) is 1. The number of hydrogen-bond donors (Lipinski definition) is 1. The molecular weight excluding hydrogens is 272 g/mol. The van der Waals surface area contributed by atoms with Gasteiger partial charge >= 0.3 is 0 Å². The Morgan fingerprint density at radius 2 is 2.28 bits per heavy atom. The van der Waals surface area contributed by atoms with Gasteiger partial charge in [0.2, 0.25) is 5.91 Å². The molecule has 102 valence electrons. The van der Waals surface area contributed by atoms with Gasteiger partial charge in [-0.25, -0.2) is 4.98 Å². The third-order valence-corrected chi connectivity index (χ3v) is 3.79. The average molecular weight is 291 g/mol. The number of carbonyl (C=O) groups excluding carboxylic acids is 1. The Balaban J connectivity index is 2.30. The molecule has 0 radical (unpaired) electrons. The van der Waals surface area contributed by atoms with Gasteiger partial charge in [0, 0.05) is 25.6 Å². The lowest BCUT2D eigenvalue weighted by molar-refractivity contribution is -0.129. The number of unbranched alkanes of at least 4 members (excludes halogenated alkanes) is 2. The summed E-state index contributed by atoms with van der Waals surface area (Å²) in [6.07, 6.45) is 3.01. The summed E-state index contributed by atoms with van der Waals surface area (Å²) < 4.78 is 0. The van der Waals surface area contributed by atoms with Crippen LogP contribution in [-0.2, 0) is 17.1 Å². The van der Waals surface area contributed by atoms with Crippen LogP contribution in [0.25, 0.3) is 0 Å². The van der Waals surface area contributed by atoms with Crippen molar-refractivity contribution < 1.29 is 9.90 Å². The molecule has 4 nitrogen and oxygen atoms in total. The minimum atomic E-state index is 0.0782. The van der Waals surface area contributed by atoms with Crippen LogP contribution in [0, 0.1) is 0 Å². The third-order valence-electron chi connectivity index (χ3n) is 2.62. The Bertz CT molecular complexity index is 371. The van der Waals surface area contributed by atoms with E-state index in [1.807, 2.05) is 5.38 Å². The molecule has 0 aliphatic rings. The lowest BCUT2D eigenvalue weighted by Crippen LogP contribution is -2.29. The fraction of sp³-hybridized carbons (Fsp3) is 0.667. The lowest BCUT2D eigenvalue weighted by Gasteiger charge is -2.16. The van der Waals surface area contributed by atoms with Crippen LogP contribution in [0.15, 0.2) is 5.38 Å². The second-order valence-corrected chi connectivity index (χ2v) is 5.35. The highest BCUT2D eigenvalue weighted by Crippen LogP contribution is 2.13. The van der Waals surface area contributed by atoms with Crippen LogP contribution in [0.5, 0.6) is 0 Å². The summed E-state index contributed by atoms with van der Waals surface area (Å²) >= 11 is 7.14. The van der Waals surface area contributed by atoms with E-state index in [9.17, 15) is 4.79 Å². The van der Waals surface area contributed by atoms with Crippen molar-refractivity contribution in [2.75, 3.05) is 20.2 Å². The van der Waals surface area contributed by atoms with E-state index >= 15 is 0 Å². The number of amides is 1. The lowest BCUT2D eigenvalue weighted by atomic mass is 10.2. The molecule has 0 bridgehead atoms. The van der Waals surface area contributed by atoms with Crippen molar-refractivity contribution in [1.29, 1.82) is 0 Å². The second kappa shape index (κ2) is 8.45. The molecule has 1 amide bonds. The Morgan fingerprint density at radius 1 is 1.50 bits per heavy atom. The molecule has 0 aliphatic carbocycles. The number of rotatable bonds is 8. The molecule has 6 heteroatoms. The van der Waals surface area contributed by atoms with Gasteiger partial charge in [0.15, 0.2) is 0 Å². The first-order valence-electron chi connectivity index (χ1n) is 6.01. The quantitative estimate of drug-likeness (QED) is 0.589. The fourth-order valence-electron chi connectivity index (χ4n) is 1.52. The Labute approximate surface area is 117 Å². The number of aliphatic hydroxyl groups is 1. The molecule has 1 N–H and O–H groups in total. The summed E-state index contributed by atoms with van der Waals surface area (Å²) in [6.45, 7) is 0.949. The van der Waals surface area contributed by atoms with E-state index < -0.39 is 0 Å². The van der Waals surface area contributed by atoms with Gasteiger partial charge in [-0.1, -0.05) is 0 Å². The van der Waals surface area contributed by atoms with E-state index in [1.54, 1.807) is 11.9 Å². The summed E-state index contributed by atoms with van der Waals surface area (Å²) in [5.74, 6) is 0.469. The predicted molar refractivity (Wildman–Crippen MR) is 73.9 cm³/mol. The SMILES string of the molecule is CN(CCCCCO)C(=O)Cc1nc(CCl)cs1. The minimum Gasteiger partial charge on any atom is -0.396 e. The smallest absolute Gasteiger partial charge is 0.229 e. The molecule has 1 rings (SSSR count). The molecule has 1 aromatic heterocycles. The summed E-state index contributed by atoms with van der Waals surface area (Å²) in [5, 5.41) is 11.4. The van der Waals surface area contributed by atoms with Gasteiger partial charge in [-0.05, 0) is 19.3 Å². The van der Waals surface area contributed by atoms with Gasteiger partial charge in [0.25, 0.3) is 0 Å². The first-order valence-corrected chi connectivity index (χ1v) is 7.43. The number of hydrogen-bond acceptors (Lipinski definition) is 4. The summed E-state index contributed by atoms with van der Waals surface area (Å²) in [4.78, 5) is 17.9. The molecular formula is C12H19ClN2O2S. The molecule has 0 aromatic carbocycles. The van der Waals surface area contributed by atoms with E-state index in [2.05, 4.69) is 4.98 Å². The second-order valence-electron chi connectivity index (χ2n) is 4.14. The van der Waals surface area contributed by atoms with Crippen molar-refractivity contribution in [2.24, 2.45) is 0 Å². The van der Waals surface area contributed by atoms with Crippen molar-refractivity contribution in [1.82, 2.24) is 9.88 Å². The zero-order chi connectivity index (χ0) is 13.4. The highest BCUT2D eigenvalue weighted by atomic mass is 35.5. The van der Waals surface area contributed by atoms with Crippen LogP contribution >= 0.6 is 22.9 Å². The van der Waals surface area contributed by atoms with E-state index in [4.69, 9.17) is 16.7 Å². The van der Waals surface area contributed by atoms with Crippen molar-refractivity contribution >= 4 is 28.8 Å². The van der Waals surface area contributed by atoms with Crippen molar-refractivity contribution in [2.45, 2.75) is 31.6 Å². The van der Waals surface area contributed by atoms with Crippen LogP contribution in [0.3, 0.4) is 0 Å². The molecule has 0 fully saturated rings. The molecule has 0 atom stereocenters. The normalized spacial score (nSPS) is 10.6. The largest absolute Gasteiger partial charge is 0.396 e. The maximum Gasteiger partial charge on any atom is 0.229 e. The highest BCUT2D eigenvalue weighted by Gasteiger charge is 2.11. The molecule has 1 heterocycles. The van der Waals surface area contributed by atoms with Gasteiger partial charge in [0.1, 0.15) is 5.01 Å². The molecule has 0 saturated carbocycles. The van der Waals surface area contributed by atoms with Crippen LogP contribution in [0.2, 0.25) is 0 Å². The first-order chi connectivity index (χ1) is 8.67. The zero-order valence-corrected chi connectivity index (χ0v) is 12.1. The van der Waals surface area contributed by atoms with Crippen molar-refractivity contribution in [3.8, 4) is 0 Å². The fourth-order valence-corrected chi connectivity index (χ4v) is 2.53. The molecule has 0 saturated heterocycles. The molecule has 18 heavy (non-hydrogen) atoms. The maximum atomic E-state index is 11.9. The van der Waals surface area contributed by atoms with Gasteiger partial charge in [0.05, 0.1) is 18.0 Å². The monoisotopic (exact) mass is 290 g/mol. The number of halogens is 1. The molecule has 0 unspecified atom stereocenters. The molecule has 1 aromatic rings. The number of aliphatic hydroxyl groups excluding tert-OH is 1. The highest BCUT2D eigenvalue weighted by molar-refractivity contribution is 7.09. The maximum absolute atomic E-state index is 11.9. The van der Waals surface area contributed by atoms with Crippen LogP contribution in [-0.4, -0.2) is 41.1 Å². The Kier molecular flexibility index (Phi) is 7.23. The van der Waals surface area contributed by atoms with Crippen molar-refractivity contribution in [3.63, 3.8) is 0 Å². The third kappa shape index (κ3) is 5.33. The Hall–Kier alpha value is -0.650. The van der Waals surface area contributed by atoms with Gasteiger partial charge < -0.3 is 10.0 Å². The number of thiazole rings is 1. The minimum absolute atomic E-state index is 0.0782. The average Bonchev–Trinajstić information content (AvgIpc) is 2.82. The first kappa shape index (κ1) is 15.4. The number of nitrogens with zero attached hydrogens (tertiary/aromatic N) is 2. The van der Waals surface area contributed by atoms with Gasteiger partial charge in [-0.15, -0.1) is 22.9 Å². The summed E-state index contributed by atoms with van der Waals surface area (Å²) in [5.41, 5.74) is 0.829. The van der Waals surface area contributed by atoms with E-state index in [0.29, 0.717) is 12.3 Å². The zero-order valence-electron chi connectivity index (χ0n) is 10.6. The summed E-state index contributed by atoms with van der Waals surface area (Å²) in [6, 6.07) is 0. The number of alkyl halides is 1. The topological polar surface area (TPSA) is 53.4 Å². The van der Waals surface area contributed by atoms with Crippen LogP contribution < -0.4 is 0 Å². The van der Waals surface area contributed by atoms with E-state index in [-0.39, 0.29) is 12.5 Å². The van der Waals surface area contributed by atoms with Crippen LogP contribution in [0.1, 0.15) is 30.0 Å². The standard InChI is InChI=1S/C12H19ClN2O2S/c1-15(5-3-2-4-6-16)12(17)7-11-14-10(8-13)9-18-11/h9,16H,2-8H2,1H3. The van der Waals surface area contributed by atoms with Gasteiger partial charge in [-0.2, -0.15) is 0 Å². The molecule has 0 spiro atoms. The van der Waals surface area contributed by atoms with E-state index in [1.165, 1.54) is 11.3 Å². The molecule has 0 aliphatic heterocycles. The van der Waals surface area contributed by atoms with Gasteiger partial charge in [-0.3, -0.25) is 4.79 Å². The Morgan fingerprint density at radius 3 is 2.89 bits per heavy atom. The number of aromatic nitrogens is 1. The predicted octanol–water partition coefficient (Wildman–Crippen LogP) is 2.05. The number of carbonyl (C=O) groups is 1. The summed E-state index contributed by atoms with van der Waals surface area (Å²) in [7, 11) is 1.80. The van der Waals surface area contributed by atoms with Crippen molar-refractivity contribution in [3.05, 3.63) is 16.1 Å². The van der Waals surface area contributed by atoms with E-state index in [0.717, 1.165) is 36.5 Å². The van der Waals surface area contributed by atoms with Crippen LogP contribution in [0.4, 0.5) is 0 Å².